The zero-order valence-electron chi connectivity index (χ0n) is 25.3. The van der Waals surface area contributed by atoms with Gasteiger partial charge in [-0.2, -0.15) is 0 Å². The van der Waals surface area contributed by atoms with E-state index >= 15 is 0 Å². The Kier molecular flexibility index (Phi) is 10.5. The first-order valence-electron chi connectivity index (χ1n) is 15.1. The Morgan fingerprint density at radius 2 is 2.02 bits per heavy atom. The molecule has 4 rings (SSSR count). The third-order valence-corrected chi connectivity index (χ3v) is 11.5. The fourth-order valence-corrected chi connectivity index (χ4v) is 10.1. The summed E-state index contributed by atoms with van der Waals surface area (Å²) < 4.78 is 4.92. The molecule has 3 saturated heterocycles. The van der Waals surface area contributed by atoms with Crippen LogP contribution in [0.1, 0.15) is 58.4 Å². The van der Waals surface area contributed by atoms with E-state index in [2.05, 4.69) is 20.1 Å². The summed E-state index contributed by atoms with van der Waals surface area (Å²) >= 11 is 8.28. The molecule has 1 N–H and O–H groups in total. The van der Waals surface area contributed by atoms with Crippen molar-refractivity contribution in [1.29, 1.82) is 0 Å². The number of nitrogens with zero attached hydrogens (tertiary/aromatic N) is 2. The molecule has 3 aliphatic rings. The predicted molar refractivity (Wildman–Crippen MR) is 170 cm³/mol. The molecule has 1 aromatic rings. The van der Waals surface area contributed by atoms with Crippen LogP contribution in [0.2, 0.25) is 5.02 Å². The van der Waals surface area contributed by atoms with E-state index in [1.54, 1.807) is 33.7 Å². The molecular weight excluding hydrogens is 572 g/mol. The Hall–Kier alpha value is -2.29. The molecule has 3 unspecified atom stereocenters. The Labute approximate surface area is 259 Å². The fourth-order valence-electron chi connectivity index (χ4n) is 7.41. The molecule has 0 aromatic heterocycles. The van der Waals surface area contributed by atoms with Crippen molar-refractivity contribution in [1.82, 2.24) is 4.90 Å². The number of anilines is 1. The lowest BCUT2D eigenvalue weighted by molar-refractivity contribution is -0.155. The normalized spacial score (nSPS) is 28.6. The van der Waals surface area contributed by atoms with Crippen molar-refractivity contribution in [2.45, 2.75) is 81.9 Å². The van der Waals surface area contributed by atoms with Gasteiger partial charge in [-0.1, -0.05) is 56.7 Å². The summed E-state index contributed by atoms with van der Waals surface area (Å²) in [4.78, 5) is 46.4. The maximum absolute atomic E-state index is 14.9. The first-order valence-corrected chi connectivity index (χ1v) is 16.4. The third kappa shape index (κ3) is 5.67. The fraction of sp³-hybridized carbons (Fsp3) is 0.606. The molecule has 1 aromatic carbocycles. The average molecular weight is 617 g/mol. The van der Waals surface area contributed by atoms with E-state index in [4.69, 9.17) is 16.3 Å². The van der Waals surface area contributed by atoms with E-state index in [1.807, 2.05) is 39.0 Å². The number of hydrogen-bond donors (Lipinski definition) is 1. The first-order chi connectivity index (χ1) is 20.0. The second kappa shape index (κ2) is 13.6. The number of allylic oxidation sites excluding steroid dienone is 1. The second-order valence-corrected chi connectivity index (χ2v) is 14.3. The Morgan fingerprint density at radius 1 is 1.29 bits per heavy atom. The van der Waals surface area contributed by atoms with E-state index in [0.29, 0.717) is 30.2 Å². The van der Waals surface area contributed by atoms with Crippen LogP contribution in [0.3, 0.4) is 0 Å². The highest BCUT2D eigenvalue weighted by atomic mass is 35.5. The van der Waals surface area contributed by atoms with Crippen LogP contribution in [0.4, 0.5) is 5.69 Å². The lowest BCUT2D eigenvalue weighted by Gasteiger charge is -2.42. The van der Waals surface area contributed by atoms with Gasteiger partial charge in [0.05, 0.1) is 46.5 Å². The molecule has 0 aliphatic carbocycles. The van der Waals surface area contributed by atoms with Crippen molar-refractivity contribution in [2.75, 3.05) is 24.7 Å². The number of aliphatic hydroxyl groups is 1. The number of likely N-dealkylation sites (tertiary alicyclic amines) is 1. The predicted octanol–water partition coefficient (Wildman–Crippen LogP) is 5.81. The second-order valence-electron chi connectivity index (χ2n) is 12.4. The third-order valence-electron chi connectivity index (χ3n) is 9.12. The van der Waals surface area contributed by atoms with E-state index in [-0.39, 0.29) is 48.0 Å². The number of esters is 1. The van der Waals surface area contributed by atoms with Crippen LogP contribution in [-0.4, -0.2) is 69.6 Å². The van der Waals surface area contributed by atoms with Gasteiger partial charge >= 0.3 is 5.97 Å². The van der Waals surface area contributed by atoms with Gasteiger partial charge in [0, 0.05) is 11.8 Å². The summed E-state index contributed by atoms with van der Waals surface area (Å²) in [7, 11) is 0. The molecule has 0 saturated carbocycles. The van der Waals surface area contributed by atoms with Gasteiger partial charge < -0.3 is 19.6 Å². The molecular formula is C33H45ClN2O5S. The van der Waals surface area contributed by atoms with Crippen molar-refractivity contribution < 1.29 is 24.2 Å². The number of fused-ring (bicyclic) bond motifs is 1. The Bertz CT molecular complexity index is 1190. The SMILES string of the molecule is C=CCCCCOC(=O)[C@@H]1[C@@H]2CC(C)C3(S2)C(C(=O)N(CC=C)c2c(C)cccc2Cl)N([C@@H](CO)CC(C)C)C(=O)[C@H]13. The van der Waals surface area contributed by atoms with Crippen LogP contribution in [0.15, 0.2) is 43.5 Å². The monoisotopic (exact) mass is 616 g/mol. The lowest BCUT2D eigenvalue weighted by Crippen LogP contribution is -2.59. The number of hydrogen-bond acceptors (Lipinski definition) is 6. The number of aryl methyl sites for hydroxylation is 1. The van der Waals surface area contributed by atoms with Gasteiger partial charge in [0.25, 0.3) is 5.91 Å². The zero-order valence-corrected chi connectivity index (χ0v) is 26.8. The summed E-state index contributed by atoms with van der Waals surface area (Å²) in [5, 5.41) is 10.9. The number of benzene rings is 1. The van der Waals surface area contributed by atoms with Crippen molar-refractivity contribution in [3.8, 4) is 0 Å². The van der Waals surface area contributed by atoms with Gasteiger partial charge in [-0.3, -0.25) is 14.4 Å². The van der Waals surface area contributed by atoms with Gasteiger partial charge in [0.2, 0.25) is 5.91 Å². The van der Waals surface area contributed by atoms with Gasteiger partial charge in [-0.05, 0) is 62.5 Å². The molecule has 230 valence electrons. The number of unbranched alkanes of at least 4 members (excludes halogenated alkanes) is 2. The maximum atomic E-state index is 14.9. The van der Waals surface area contributed by atoms with Gasteiger partial charge in [-0.15, -0.1) is 24.9 Å². The van der Waals surface area contributed by atoms with Crippen molar-refractivity contribution in [3.05, 3.63) is 54.1 Å². The maximum Gasteiger partial charge on any atom is 0.310 e. The largest absolute Gasteiger partial charge is 0.465 e. The number of para-hydroxylation sites is 1. The highest BCUT2D eigenvalue weighted by Crippen LogP contribution is 2.69. The molecule has 1 spiro atoms. The number of halogens is 1. The summed E-state index contributed by atoms with van der Waals surface area (Å²) in [6.45, 7) is 15.9. The molecule has 42 heavy (non-hydrogen) atoms. The summed E-state index contributed by atoms with van der Waals surface area (Å²) in [6.07, 6.45) is 7.20. The Morgan fingerprint density at radius 3 is 2.64 bits per heavy atom. The van der Waals surface area contributed by atoms with Crippen LogP contribution in [-0.2, 0) is 19.1 Å². The highest BCUT2D eigenvalue weighted by molar-refractivity contribution is 8.02. The van der Waals surface area contributed by atoms with E-state index in [1.165, 1.54) is 0 Å². The summed E-state index contributed by atoms with van der Waals surface area (Å²) in [5.41, 5.74) is 1.42. The van der Waals surface area contributed by atoms with Gasteiger partial charge in [0.1, 0.15) is 6.04 Å². The van der Waals surface area contributed by atoms with Crippen LogP contribution in [0, 0.1) is 30.6 Å². The molecule has 3 aliphatic heterocycles. The molecule has 2 amide bonds. The van der Waals surface area contributed by atoms with Crippen LogP contribution >= 0.6 is 23.4 Å². The minimum Gasteiger partial charge on any atom is -0.465 e. The average Bonchev–Trinajstić information content (AvgIpc) is 3.54. The minimum atomic E-state index is -0.878. The summed E-state index contributed by atoms with van der Waals surface area (Å²) in [5.74, 6) is -2.03. The van der Waals surface area contributed by atoms with Gasteiger partial charge in [-0.25, -0.2) is 0 Å². The van der Waals surface area contributed by atoms with E-state index in [0.717, 1.165) is 24.8 Å². The number of carbonyl (C=O) groups excluding carboxylic acids is 3. The molecule has 0 radical (unpaired) electrons. The minimum absolute atomic E-state index is 0.00615. The van der Waals surface area contributed by atoms with E-state index < -0.39 is 28.7 Å². The van der Waals surface area contributed by atoms with Gasteiger partial charge in [0.15, 0.2) is 0 Å². The molecule has 3 fully saturated rings. The van der Waals surface area contributed by atoms with Crippen molar-refractivity contribution >= 4 is 46.8 Å². The lowest BCUT2D eigenvalue weighted by atomic mass is 9.66. The quantitative estimate of drug-likeness (QED) is 0.161. The number of aliphatic hydroxyl groups excluding tert-OH is 1. The Balaban J connectivity index is 1.79. The molecule has 3 heterocycles. The van der Waals surface area contributed by atoms with Crippen LogP contribution in [0.25, 0.3) is 0 Å². The standard InChI is InChI=1S/C33H45ClN2O5S/c1-7-9-10-11-16-41-32(40)26-25-18-22(6)33(42-25)27(26)30(38)36(23(19-37)17-20(3)4)29(33)31(39)35(15-8-2)28-21(5)13-12-14-24(28)34/h7-8,12-14,20,22-23,25-27,29,37H,1-2,9-11,15-19H2,3-6H3/t22?,23-,25+,26-,27+,29?,33?/m1/s1. The summed E-state index contributed by atoms with van der Waals surface area (Å²) in [6, 6.07) is 4.05. The first kappa shape index (κ1) is 32.6. The number of ether oxygens (including phenoxy) is 1. The van der Waals surface area contributed by atoms with Crippen LogP contribution in [0.5, 0.6) is 0 Å². The molecule has 2 bridgehead atoms. The smallest absolute Gasteiger partial charge is 0.310 e. The zero-order chi connectivity index (χ0) is 30.8. The molecule has 9 heteroatoms. The number of carbonyl (C=O) groups is 3. The molecule has 7 atom stereocenters. The number of amides is 2. The van der Waals surface area contributed by atoms with E-state index in [9.17, 15) is 19.5 Å². The number of rotatable bonds is 14. The number of thioether (sulfide) groups is 1. The van der Waals surface area contributed by atoms with Crippen molar-refractivity contribution in [3.63, 3.8) is 0 Å². The van der Waals surface area contributed by atoms with Crippen LogP contribution < -0.4 is 4.90 Å². The topological polar surface area (TPSA) is 87.2 Å². The van der Waals surface area contributed by atoms with Crippen molar-refractivity contribution in [2.24, 2.45) is 23.7 Å². The highest BCUT2D eigenvalue weighted by Gasteiger charge is 2.77. The molecule has 7 nitrogen and oxygen atoms in total.